The largest absolute Gasteiger partial charge is 0.353 e. The number of aromatic nitrogens is 1. The lowest BCUT2D eigenvalue weighted by Crippen LogP contribution is -2.24. The van der Waals surface area contributed by atoms with Crippen LogP contribution in [0.2, 0.25) is 0 Å². The van der Waals surface area contributed by atoms with Gasteiger partial charge in [-0.25, -0.2) is 0 Å². The lowest BCUT2D eigenvalue weighted by molar-refractivity contribution is -0.138. The summed E-state index contributed by atoms with van der Waals surface area (Å²) in [6.07, 6.45) is 2.68. The molecule has 0 amide bonds. The maximum atomic E-state index is 5.45. The van der Waals surface area contributed by atoms with Gasteiger partial charge in [0.25, 0.3) is 0 Å². The second kappa shape index (κ2) is 8.64. The Bertz CT molecular complexity index is 248. The first-order chi connectivity index (χ1) is 7.86. The first-order valence-electron chi connectivity index (χ1n) is 5.68. The van der Waals surface area contributed by atoms with Gasteiger partial charge in [0.05, 0.1) is 5.51 Å². The molecule has 1 rings (SSSR count). The van der Waals surface area contributed by atoms with E-state index in [0.717, 1.165) is 19.5 Å². The van der Waals surface area contributed by atoms with Crippen molar-refractivity contribution in [3.63, 3.8) is 0 Å². The lowest BCUT2D eigenvalue weighted by atomic mass is 10.4. The number of hydrogen-bond acceptors (Lipinski definition) is 5. The average molecular weight is 244 g/mol. The Hall–Kier alpha value is -0.490. The monoisotopic (exact) mass is 244 g/mol. The fourth-order valence-corrected chi connectivity index (χ4v) is 1.91. The van der Waals surface area contributed by atoms with Crippen molar-refractivity contribution in [1.82, 2.24) is 10.3 Å². The topological polar surface area (TPSA) is 43.4 Å². The van der Waals surface area contributed by atoms with Crippen molar-refractivity contribution in [3.05, 3.63) is 16.6 Å². The first-order valence-corrected chi connectivity index (χ1v) is 6.56. The van der Waals surface area contributed by atoms with Gasteiger partial charge in [-0.15, -0.1) is 11.3 Å². The van der Waals surface area contributed by atoms with Crippen LogP contribution < -0.4 is 5.32 Å². The summed E-state index contributed by atoms with van der Waals surface area (Å²) >= 11 is 1.67. The summed E-state index contributed by atoms with van der Waals surface area (Å²) in [4.78, 5) is 5.28. The van der Waals surface area contributed by atoms with Crippen molar-refractivity contribution in [2.75, 3.05) is 19.8 Å². The van der Waals surface area contributed by atoms with Crippen molar-refractivity contribution in [1.29, 1.82) is 0 Å². The smallest absolute Gasteiger partial charge is 0.158 e. The Balaban J connectivity index is 2.08. The fraction of sp³-hybridized carbons (Fsp3) is 0.727. The highest BCUT2D eigenvalue weighted by atomic mass is 32.1. The standard InChI is InChI=1S/C11H20N2O2S/c1-3-14-11(15-4-2)5-6-12-7-10-8-13-9-16-10/h8-9,11-12H,3-7H2,1-2H3. The maximum absolute atomic E-state index is 5.45. The molecule has 0 aromatic carbocycles. The summed E-state index contributed by atoms with van der Waals surface area (Å²) in [5.41, 5.74) is 1.85. The summed E-state index contributed by atoms with van der Waals surface area (Å²) < 4.78 is 10.9. The molecule has 0 bridgehead atoms. The van der Waals surface area contributed by atoms with E-state index in [1.807, 2.05) is 25.6 Å². The average Bonchev–Trinajstić information content (AvgIpc) is 2.78. The third-order valence-corrected chi connectivity index (χ3v) is 2.82. The molecule has 0 aliphatic rings. The number of nitrogens with one attached hydrogen (secondary N) is 1. The van der Waals surface area contributed by atoms with Gasteiger partial charge in [0.1, 0.15) is 0 Å². The van der Waals surface area contributed by atoms with E-state index in [1.165, 1.54) is 4.88 Å². The highest BCUT2D eigenvalue weighted by molar-refractivity contribution is 7.09. The van der Waals surface area contributed by atoms with Crippen molar-refractivity contribution in [2.45, 2.75) is 33.1 Å². The van der Waals surface area contributed by atoms with E-state index in [4.69, 9.17) is 9.47 Å². The Labute approximate surface area is 101 Å². The van der Waals surface area contributed by atoms with Gasteiger partial charge < -0.3 is 14.8 Å². The molecular weight excluding hydrogens is 224 g/mol. The first kappa shape index (κ1) is 13.6. The predicted octanol–water partition coefficient (Wildman–Crippen LogP) is 2.02. The highest BCUT2D eigenvalue weighted by Crippen LogP contribution is 2.05. The zero-order valence-corrected chi connectivity index (χ0v) is 10.8. The molecular formula is C11H20N2O2S. The van der Waals surface area contributed by atoms with Crippen molar-refractivity contribution < 1.29 is 9.47 Å². The second-order valence-corrected chi connectivity index (χ2v) is 4.24. The van der Waals surface area contributed by atoms with Gasteiger partial charge in [0.2, 0.25) is 0 Å². The minimum atomic E-state index is -0.0797. The fourth-order valence-electron chi connectivity index (χ4n) is 1.35. The molecule has 16 heavy (non-hydrogen) atoms. The Kier molecular flexibility index (Phi) is 7.33. The maximum Gasteiger partial charge on any atom is 0.158 e. The molecule has 92 valence electrons. The molecule has 0 atom stereocenters. The Morgan fingerprint density at radius 2 is 2.12 bits per heavy atom. The molecule has 0 radical (unpaired) electrons. The van der Waals surface area contributed by atoms with Crippen LogP contribution in [0.4, 0.5) is 0 Å². The molecule has 1 heterocycles. The van der Waals surface area contributed by atoms with Crippen molar-refractivity contribution >= 4 is 11.3 Å². The third kappa shape index (κ3) is 5.55. The molecule has 4 nitrogen and oxygen atoms in total. The summed E-state index contributed by atoms with van der Waals surface area (Å²) in [6, 6.07) is 0. The quantitative estimate of drug-likeness (QED) is 0.533. The number of ether oxygens (including phenoxy) is 2. The van der Waals surface area contributed by atoms with Gasteiger partial charge in [-0.3, -0.25) is 4.98 Å². The van der Waals surface area contributed by atoms with E-state index in [9.17, 15) is 0 Å². The zero-order chi connectivity index (χ0) is 11.6. The van der Waals surface area contributed by atoms with Crippen LogP contribution >= 0.6 is 11.3 Å². The predicted molar refractivity (Wildman–Crippen MR) is 65.5 cm³/mol. The zero-order valence-electron chi connectivity index (χ0n) is 9.94. The van der Waals surface area contributed by atoms with Crippen molar-refractivity contribution in [3.8, 4) is 0 Å². The molecule has 0 saturated heterocycles. The van der Waals surface area contributed by atoms with Crippen molar-refractivity contribution in [2.24, 2.45) is 0 Å². The van der Waals surface area contributed by atoms with E-state index in [-0.39, 0.29) is 6.29 Å². The van der Waals surface area contributed by atoms with Gasteiger partial charge >= 0.3 is 0 Å². The molecule has 5 heteroatoms. The lowest BCUT2D eigenvalue weighted by Gasteiger charge is -2.16. The van der Waals surface area contributed by atoms with Gasteiger partial charge in [0.15, 0.2) is 6.29 Å². The van der Waals surface area contributed by atoms with Crippen LogP contribution in [0.1, 0.15) is 25.1 Å². The van der Waals surface area contributed by atoms with Gasteiger partial charge in [-0.1, -0.05) is 0 Å². The highest BCUT2D eigenvalue weighted by Gasteiger charge is 2.06. The minimum absolute atomic E-state index is 0.0797. The number of thiazole rings is 1. The molecule has 1 N–H and O–H groups in total. The van der Waals surface area contributed by atoms with E-state index in [2.05, 4.69) is 10.3 Å². The van der Waals surface area contributed by atoms with E-state index in [0.29, 0.717) is 13.2 Å². The summed E-state index contributed by atoms with van der Waals surface area (Å²) in [5, 5.41) is 3.35. The van der Waals surface area contributed by atoms with Crippen LogP contribution in [0.25, 0.3) is 0 Å². The van der Waals surface area contributed by atoms with Gasteiger partial charge in [-0.2, -0.15) is 0 Å². The van der Waals surface area contributed by atoms with Crippen LogP contribution in [0.5, 0.6) is 0 Å². The molecule has 0 unspecified atom stereocenters. The molecule has 0 aliphatic carbocycles. The van der Waals surface area contributed by atoms with Gasteiger partial charge in [-0.05, 0) is 13.8 Å². The number of hydrogen-bond donors (Lipinski definition) is 1. The molecule has 1 aromatic heterocycles. The Morgan fingerprint density at radius 3 is 2.69 bits per heavy atom. The molecule has 0 saturated carbocycles. The Morgan fingerprint density at radius 1 is 1.38 bits per heavy atom. The molecule has 0 fully saturated rings. The van der Waals surface area contributed by atoms with Crippen LogP contribution in [0.15, 0.2) is 11.7 Å². The minimum Gasteiger partial charge on any atom is -0.353 e. The normalized spacial score (nSPS) is 11.2. The molecule has 0 aliphatic heterocycles. The van der Waals surface area contributed by atoms with E-state index in [1.54, 1.807) is 11.3 Å². The van der Waals surface area contributed by atoms with Crippen LogP contribution in [0, 0.1) is 0 Å². The third-order valence-electron chi connectivity index (χ3n) is 2.04. The summed E-state index contributed by atoms with van der Waals surface area (Å²) in [5.74, 6) is 0. The molecule has 0 spiro atoms. The van der Waals surface area contributed by atoms with Crippen LogP contribution in [0.3, 0.4) is 0 Å². The molecule has 1 aromatic rings. The number of rotatable bonds is 9. The van der Waals surface area contributed by atoms with Gasteiger partial charge in [0, 0.05) is 43.8 Å². The number of nitrogens with zero attached hydrogens (tertiary/aromatic N) is 1. The summed E-state index contributed by atoms with van der Waals surface area (Å²) in [7, 11) is 0. The second-order valence-electron chi connectivity index (χ2n) is 3.27. The van der Waals surface area contributed by atoms with E-state index < -0.39 is 0 Å². The van der Waals surface area contributed by atoms with Crippen LogP contribution in [-0.2, 0) is 16.0 Å². The SMILES string of the molecule is CCOC(CCNCc1cncs1)OCC. The summed E-state index contributed by atoms with van der Waals surface area (Å²) in [6.45, 7) is 7.12. The van der Waals surface area contributed by atoms with E-state index >= 15 is 0 Å². The van der Waals surface area contributed by atoms with Crippen LogP contribution in [-0.4, -0.2) is 31.0 Å².